The van der Waals surface area contributed by atoms with Crippen LogP contribution >= 0.6 is 0 Å². The first-order valence-corrected chi connectivity index (χ1v) is 4.90. The van der Waals surface area contributed by atoms with E-state index in [1.165, 1.54) is 5.56 Å². The second-order valence-electron chi connectivity index (χ2n) is 3.63. The first-order valence-electron chi connectivity index (χ1n) is 4.90. The molecule has 0 saturated heterocycles. The predicted molar refractivity (Wildman–Crippen MR) is 56.1 cm³/mol. The number of aryl methyl sites for hydroxylation is 1. The summed E-state index contributed by atoms with van der Waals surface area (Å²) in [5.74, 6) is 0. The van der Waals surface area contributed by atoms with Crippen LogP contribution in [0.4, 0.5) is 0 Å². The van der Waals surface area contributed by atoms with Crippen LogP contribution in [0.1, 0.15) is 25.1 Å². The number of hydrogen-bond donors (Lipinski definition) is 2. The summed E-state index contributed by atoms with van der Waals surface area (Å²) in [7, 11) is 1.73. The van der Waals surface area contributed by atoms with E-state index in [2.05, 4.69) is 29.4 Å². The molecule has 0 radical (unpaired) electrons. The van der Waals surface area contributed by atoms with Crippen LogP contribution in [-0.2, 0) is 11.3 Å². The van der Waals surface area contributed by atoms with Gasteiger partial charge in [-0.05, 0) is 20.8 Å². The highest BCUT2D eigenvalue weighted by Crippen LogP contribution is 2.03. The monoisotopic (exact) mass is 197 g/mol. The number of rotatable bonds is 5. The van der Waals surface area contributed by atoms with Gasteiger partial charge in [0.25, 0.3) is 0 Å². The maximum atomic E-state index is 5.23. The molecular weight excluding hydrogens is 178 g/mol. The molecule has 1 rings (SSSR count). The lowest BCUT2D eigenvalue weighted by Crippen LogP contribution is -2.36. The van der Waals surface area contributed by atoms with E-state index in [0.717, 1.165) is 12.2 Å². The summed E-state index contributed by atoms with van der Waals surface area (Å²) in [4.78, 5) is 0. The van der Waals surface area contributed by atoms with Crippen molar-refractivity contribution in [3.8, 4) is 0 Å². The molecule has 4 heteroatoms. The molecule has 2 unspecified atom stereocenters. The molecule has 0 fully saturated rings. The molecule has 0 aliphatic rings. The van der Waals surface area contributed by atoms with Crippen molar-refractivity contribution in [3.05, 3.63) is 17.5 Å². The number of hydrogen-bond acceptors (Lipinski definition) is 3. The Kier molecular flexibility index (Phi) is 4.10. The third-order valence-electron chi connectivity index (χ3n) is 2.62. The number of H-pyrrole nitrogens is 1. The van der Waals surface area contributed by atoms with Crippen LogP contribution in [0.2, 0.25) is 0 Å². The fourth-order valence-corrected chi connectivity index (χ4v) is 1.19. The number of methoxy groups -OCH3 is 1. The summed E-state index contributed by atoms with van der Waals surface area (Å²) in [6.07, 6.45) is 2.08. The molecule has 0 bridgehead atoms. The van der Waals surface area contributed by atoms with Gasteiger partial charge in [0.1, 0.15) is 0 Å². The van der Waals surface area contributed by atoms with Gasteiger partial charge in [-0.25, -0.2) is 0 Å². The van der Waals surface area contributed by atoms with Gasteiger partial charge in [0.05, 0.1) is 12.3 Å². The lowest BCUT2D eigenvalue weighted by Gasteiger charge is -2.19. The van der Waals surface area contributed by atoms with Crippen LogP contribution < -0.4 is 5.32 Å². The van der Waals surface area contributed by atoms with Crippen LogP contribution in [0.25, 0.3) is 0 Å². The van der Waals surface area contributed by atoms with Crippen LogP contribution in [-0.4, -0.2) is 29.5 Å². The van der Waals surface area contributed by atoms with Crippen molar-refractivity contribution in [1.29, 1.82) is 0 Å². The second kappa shape index (κ2) is 5.12. The topological polar surface area (TPSA) is 49.9 Å². The zero-order valence-electron chi connectivity index (χ0n) is 9.29. The highest BCUT2D eigenvalue weighted by atomic mass is 16.5. The minimum absolute atomic E-state index is 0.224. The second-order valence-corrected chi connectivity index (χ2v) is 3.63. The Morgan fingerprint density at radius 3 is 2.79 bits per heavy atom. The lowest BCUT2D eigenvalue weighted by molar-refractivity contribution is 0.0882. The minimum Gasteiger partial charge on any atom is -0.380 e. The van der Waals surface area contributed by atoms with Gasteiger partial charge in [0.15, 0.2) is 0 Å². The highest BCUT2D eigenvalue weighted by Gasteiger charge is 2.10. The molecule has 2 atom stereocenters. The number of ether oxygens (including phenoxy) is 1. The summed E-state index contributed by atoms with van der Waals surface area (Å²) in [5.41, 5.74) is 2.33. The molecule has 4 nitrogen and oxygen atoms in total. The molecule has 0 saturated carbocycles. The highest BCUT2D eigenvalue weighted by molar-refractivity contribution is 5.13. The van der Waals surface area contributed by atoms with E-state index in [4.69, 9.17) is 4.74 Å². The van der Waals surface area contributed by atoms with Gasteiger partial charge in [-0.1, -0.05) is 0 Å². The maximum Gasteiger partial charge on any atom is 0.0693 e. The van der Waals surface area contributed by atoms with Gasteiger partial charge < -0.3 is 10.1 Å². The van der Waals surface area contributed by atoms with Crippen molar-refractivity contribution in [3.63, 3.8) is 0 Å². The van der Waals surface area contributed by atoms with E-state index in [9.17, 15) is 0 Å². The van der Waals surface area contributed by atoms with Gasteiger partial charge in [0.2, 0.25) is 0 Å². The van der Waals surface area contributed by atoms with E-state index >= 15 is 0 Å². The van der Waals surface area contributed by atoms with Gasteiger partial charge in [-0.2, -0.15) is 5.10 Å². The predicted octanol–water partition coefficient (Wildman–Crippen LogP) is 1.23. The third-order valence-corrected chi connectivity index (χ3v) is 2.62. The van der Waals surface area contributed by atoms with Crippen LogP contribution in [0, 0.1) is 6.92 Å². The molecule has 1 heterocycles. The van der Waals surface area contributed by atoms with Crippen molar-refractivity contribution in [2.75, 3.05) is 7.11 Å². The standard InChI is InChI=1S/C10H19N3O/c1-7(9(3)14-4)11-5-10-6-12-13-8(10)2/h6-7,9,11H,5H2,1-4H3,(H,12,13). The summed E-state index contributed by atoms with van der Waals surface area (Å²) in [5, 5.41) is 10.3. The Labute approximate surface area is 85.0 Å². The molecule has 0 aliphatic carbocycles. The van der Waals surface area contributed by atoms with E-state index in [1.54, 1.807) is 7.11 Å². The largest absolute Gasteiger partial charge is 0.380 e. The lowest BCUT2D eigenvalue weighted by atomic mass is 10.2. The minimum atomic E-state index is 0.224. The zero-order chi connectivity index (χ0) is 10.6. The molecule has 0 amide bonds. The Morgan fingerprint density at radius 2 is 2.29 bits per heavy atom. The average molecular weight is 197 g/mol. The molecule has 1 aromatic rings. The number of nitrogens with one attached hydrogen (secondary N) is 2. The average Bonchev–Trinajstić information content (AvgIpc) is 2.59. The van der Waals surface area contributed by atoms with Gasteiger partial charge in [-0.3, -0.25) is 5.10 Å². The summed E-state index contributed by atoms with van der Waals surface area (Å²) < 4.78 is 5.23. The maximum absolute atomic E-state index is 5.23. The SMILES string of the molecule is COC(C)C(C)NCc1cn[nH]c1C. The van der Waals surface area contributed by atoms with Crippen molar-refractivity contribution in [1.82, 2.24) is 15.5 Å². The fourth-order valence-electron chi connectivity index (χ4n) is 1.19. The zero-order valence-corrected chi connectivity index (χ0v) is 9.29. The Bertz CT molecular complexity index is 272. The Balaban J connectivity index is 2.37. The number of nitrogens with zero attached hydrogens (tertiary/aromatic N) is 1. The van der Waals surface area contributed by atoms with E-state index in [0.29, 0.717) is 6.04 Å². The fraction of sp³-hybridized carbons (Fsp3) is 0.700. The molecule has 0 spiro atoms. The normalized spacial score (nSPS) is 15.4. The number of aromatic amines is 1. The molecule has 2 N–H and O–H groups in total. The summed E-state index contributed by atoms with van der Waals surface area (Å²) >= 11 is 0. The summed E-state index contributed by atoms with van der Waals surface area (Å²) in [6, 6.07) is 0.342. The van der Waals surface area contributed by atoms with E-state index in [1.807, 2.05) is 13.1 Å². The van der Waals surface area contributed by atoms with Crippen molar-refractivity contribution in [2.24, 2.45) is 0 Å². The van der Waals surface area contributed by atoms with Gasteiger partial charge in [-0.15, -0.1) is 0 Å². The Hall–Kier alpha value is -0.870. The molecule has 14 heavy (non-hydrogen) atoms. The first-order chi connectivity index (χ1) is 6.65. The number of aromatic nitrogens is 2. The molecule has 1 aromatic heterocycles. The summed E-state index contributed by atoms with van der Waals surface area (Å²) in [6.45, 7) is 7.02. The van der Waals surface area contributed by atoms with E-state index < -0.39 is 0 Å². The quantitative estimate of drug-likeness (QED) is 0.746. The van der Waals surface area contributed by atoms with Crippen LogP contribution in [0.5, 0.6) is 0 Å². The smallest absolute Gasteiger partial charge is 0.0693 e. The van der Waals surface area contributed by atoms with Crippen molar-refractivity contribution in [2.45, 2.75) is 39.5 Å². The molecule has 0 aliphatic heterocycles. The van der Waals surface area contributed by atoms with Crippen molar-refractivity contribution >= 4 is 0 Å². The molecule has 80 valence electrons. The van der Waals surface area contributed by atoms with E-state index in [-0.39, 0.29) is 6.10 Å². The van der Waals surface area contributed by atoms with Crippen molar-refractivity contribution < 1.29 is 4.74 Å². The first kappa shape index (κ1) is 11.2. The molecular formula is C10H19N3O. The van der Waals surface area contributed by atoms with Gasteiger partial charge in [0, 0.05) is 31.0 Å². The van der Waals surface area contributed by atoms with Crippen LogP contribution in [0.3, 0.4) is 0 Å². The third kappa shape index (κ3) is 2.82. The van der Waals surface area contributed by atoms with Crippen LogP contribution in [0.15, 0.2) is 6.20 Å². The molecule has 0 aromatic carbocycles. The Morgan fingerprint density at radius 1 is 1.57 bits per heavy atom. The van der Waals surface area contributed by atoms with Gasteiger partial charge >= 0.3 is 0 Å².